The minimum Gasteiger partial charge on any atom is -0.381 e. The number of hydrogen-bond donors (Lipinski definition) is 1. The third kappa shape index (κ3) is 3.94. The molecule has 0 radical (unpaired) electrons. The monoisotopic (exact) mass is 467 g/mol. The zero-order valence-electron chi connectivity index (χ0n) is 17.3. The molecule has 30 heavy (non-hydrogen) atoms. The minimum absolute atomic E-state index is 0.0550. The van der Waals surface area contributed by atoms with Crippen LogP contribution in [0.15, 0.2) is 59.1 Å². The minimum atomic E-state index is -0.559. The second kappa shape index (κ2) is 8.74. The molecule has 1 aliphatic heterocycles. The summed E-state index contributed by atoms with van der Waals surface area (Å²) in [4.78, 5) is 13.5. The zero-order valence-corrected chi connectivity index (χ0v) is 18.9. The summed E-state index contributed by atoms with van der Waals surface area (Å²) in [5.41, 5.74) is 4.54. The molecule has 1 aliphatic rings. The molecule has 2 heterocycles. The first-order valence-electron chi connectivity index (χ1n) is 10.2. The molecule has 5 nitrogen and oxygen atoms in total. The number of ether oxygens (including phenoxy) is 1. The van der Waals surface area contributed by atoms with E-state index in [1.807, 2.05) is 73.1 Å². The Morgan fingerprint density at radius 1 is 1.10 bits per heavy atom. The third-order valence-corrected chi connectivity index (χ3v) is 6.57. The summed E-state index contributed by atoms with van der Waals surface area (Å²) in [6, 6.07) is 18.1. The Balaban J connectivity index is 1.57. The van der Waals surface area contributed by atoms with Crippen molar-refractivity contribution in [3.05, 3.63) is 81.6 Å². The second-order valence-corrected chi connectivity index (χ2v) is 8.70. The van der Waals surface area contributed by atoms with Crippen molar-refractivity contribution in [2.24, 2.45) is 0 Å². The van der Waals surface area contributed by atoms with Crippen molar-refractivity contribution in [2.75, 3.05) is 13.2 Å². The highest BCUT2D eigenvalue weighted by Gasteiger charge is 2.41. The predicted molar refractivity (Wildman–Crippen MR) is 121 cm³/mol. The summed E-state index contributed by atoms with van der Waals surface area (Å²) in [7, 11) is 0. The molecule has 6 heteroatoms. The Hall–Kier alpha value is -2.44. The van der Waals surface area contributed by atoms with Gasteiger partial charge in [-0.3, -0.25) is 4.79 Å². The summed E-state index contributed by atoms with van der Waals surface area (Å²) in [5.74, 6) is 0.0550. The average Bonchev–Trinajstić information content (AvgIpc) is 3.07. The van der Waals surface area contributed by atoms with Gasteiger partial charge < -0.3 is 10.1 Å². The second-order valence-electron chi connectivity index (χ2n) is 7.78. The van der Waals surface area contributed by atoms with Crippen LogP contribution in [-0.4, -0.2) is 28.9 Å². The molecule has 0 saturated carbocycles. The maximum Gasteiger partial charge on any atom is 0.231 e. The van der Waals surface area contributed by atoms with E-state index in [0.29, 0.717) is 32.6 Å². The summed E-state index contributed by atoms with van der Waals surface area (Å²) in [6.07, 6.45) is 1.36. The van der Waals surface area contributed by atoms with Gasteiger partial charge in [-0.15, -0.1) is 0 Å². The van der Waals surface area contributed by atoms with Crippen LogP contribution in [0.4, 0.5) is 0 Å². The van der Waals surface area contributed by atoms with Crippen LogP contribution in [0.3, 0.4) is 0 Å². The van der Waals surface area contributed by atoms with Gasteiger partial charge in [-0.05, 0) is 56.5 Å². The number of nitrogens with one attached hydrogen (secondary N) is 1. The number of carbonyl (C=O) groups is 1. The number of nitrogens with zero attached hydrogens (tertiary/aromatic N) is 2. The Morgan fingerprint density at radius 2 is 1.77 bits per heavy atom. The van der Waals surface area contributed by atoms with Crippen molar-refractivity contribution >= 4 is 21.8 Å². The fourth-order valence-electron chi connectivity index (χ4n) is 4.22. The van der Waals surface area contributed by atoms with Crippen molar-refractivity contribution in [1.29, 1.82) is 0 Å². The van der Waals surface area contributed by atoms with Crippen LogP contribution in [-0.2, 0) is 21.5 Å². The SMILES string of the molecule is Cc1nn(-c2ccccc2)c(C)c1CNC(=O)C1(c2ccc(Br)cc2)CCOCC1. The lowest BCUT2D eigenvalue weighted by Crippen LogP contribution is -2.47. The van der Waals surface area contributed by atoms with E-state index in [0.717, 1.165) is 32.7 Å². The van der Waals surface area contributed by atoms with Crippen molar-refractivity contribution in [2.45, 2.75) is 38.6 Å². The van der Waals surface area contributed by atoms with Crippen molar-refractivity contribution < 1.29 is 9.53 Å². The van der Waals surface area contributed by atoms with Crippen molar-refractivity contribution in [3.8, 4) is 5.69 Å². The first-order chi connectivity index (χ1) is 14.5. The van der Waals surface area contributed by atoms with Crippen LogP contribution in [0.1, 0.15) is 35.4 Å². The van der Waals surface area contributed by atoms with E-state index < -0.39 is 5.41 Å². The smallest absolute Gasteiger partial charge is 0.231 e. The lowest BCUT2D eigenvalue weighted by molar-refractivity contribution is -0.130. The molecule has 0 bridgehead atoms. The first-order valence-corrected chi connectivity index (χ1v) is 11.0. The first kappa shape index (κ1) is 20.8. The standard InChI is InChI=1S/C24H26BrN3O2/c1-17-22(18(2)28(27-17)21-6-4-3-5-7-21)16-26-23(29)24(12-14-30-15-13-24)19-8-10-20(25)11-9-19/h3-11H,12-16H2,1-2H3,(H,26,29). The highest BCUT2D eigenvalue weighted by Crippen LogP contribution is 2.36. The number of aromatic nitrogens is 2. The number of amides is 1. The summed E-state index contributed by atoms with van der Waals surface area (Å²) in [5, 5.41) is 7.91. The molecule has 3 aromatic rings. The normalized spacial score (nSPS) is 15.7. The van der Waals surface area contributed by atoms with Crippen LogP contribution in [0, 0.1) is 13.8 Å². The molecule has 0 aliphatic carbocycles. The molecular weight excluding hydrogens is 442 g/mol. The van der Waals surface area contributed by atoms with Gasteiger partial charge in [-0.1, -0.05) is 46.3 Å². The van der Waals surface area contributed by atoms with Crippen molar-refractivity contribution in [1.82, 2.24) is 15.1 Å². The third-order valence-electron chi connectivity index (χ3n) is 6.05. The highest BCUT2D eigenvalue weighted by atomic mass is 79.9. The Labute approximate surface area is 185 Å². The van der Waals surface area contributed by atoms with Crippen LogP contribution in [0.2, 0.25) is 0 Å². The molecular formula is C24H26BrN3O2. The Kier molecular flexibility index (Phi) is 6.06. The zero-order chi connectivity index (χ0) is 21.1. The van der Waals surface area contributed by atoms with Gasteiger partial charge >= 0.3 is 0 Å². The van der Waals surface area contributed by atoms with Crippen molar-refractivity contribution in [3.63, 3.8) is 0 Å². The molecule has 0 atom stereocenters. The molecule has 2 aromatic carbocycles. The topological polar surface area (TPSA) is 56.2 Å². The average molecular weight is 468 g/mol. The van der Waals surface area contributed by atoms with E-state index in [-0.39, 0.29) is 5.91 Å². The van der Waals surface area contributed by atoms with Gasteiger partial charge in [-0.2, -0.15) is 5.10 Å². The predicted octanol–water partition coefficient (Wildman–Crippen LogP) is 4.62. The van der Waals surface area contributed by atoms with Gasteiger partial charge in [0.15, 0.2) is 0 Å². The Morgan fingerprint density at radius 3 is 2.43 bits per heavy atom. The fraction of sp³-hybridized carbons (Fsp3) is 0.333. The van der Waals surface area contributed by atoms with E-state index in [1.54, 1.807) is 0 Å². The number of halogens is 1. The number of para-hydroxylation sites is 1. The van der Waals surface area contributed by atoms with E-state index in [2.05, 4.69) is 21.2 Å². The molecule has 1 amide bonds. The van der Waals surface area contributed by atoms with Crippen LogP contribution >= 0.6 is 15.9 Å². The molecule has 156 valence electrons. The molecule has 1 aromatic heterocycles. The van der Waals surface area contributed by atoms with Gasteiger partial charge in [0.1, 0.15) is 0 Å². The highest BCUT2D eigenvalue weighted by molar-refractivity contribution is 9.10. The molecule has 0 spiro atoms. The van der Waals surface area contributed by atoms with Gasteiger partial charge in [0.2, 0.25) is 5.91 Å². The van der Waals surface area contributed by atoms with E-state index in [4.69, 9.17) is 9.84 Å². The summed E-state index contributed by atoms with van der Waals surface area (Å²) < 4.78 is 8.52. The number of carbonyl (C=O) groups excluding carboxylic acids is 1. The summed E-state index contributed by atoms with van der Waals surface area (Å²) in [6.45, 7) is 5.68. The molecule has 4 rings (SSSR count). The molecule has 1 saturated heterocycles. The lowest BCUT2D eigenvalue weighted by Gasteiger charge is -2.36. The van der Waals surface area contributed by atoms with Gasteiger partial charge in [0, 0.05) is 35.5 Å². The Bertz CT molecular complexity index is 1020. The maximum absolute atomic E-state index is 13.5. The quantitative estimate of drug-likeness (QED) is 0.595. The van der Waals surface area contributed by atoms with Gasteiger partial charge in [0.05, 0.1) is 16.8 Å². The lowest BCUT2D eigenvalue weighted by atomic mass is 9.73. The van der Waals surface area contributed by atoms with E-state index >= 15 is 0 Å². The number of rotatable bonds is 5. The summed E-state index contributed by atoms with van der Waals surface area (Å²) >= 11 is 3.49. The number of hydrogen-bond acceptors (Lipinski definition) is 3. The molecule has 0 unspecified atom stereocenters. The molecule has 1 fully saturated rings. The van der Waals surface area contributed by atoms with Gasteiger partial charge in [0.25, 0.3) is 0 Å². The van der Waals surface area contributed by atoms with E-state index in [1.165, 1.54) is 0 Å². The van der Waals surface area contributed by atoms with Gasteiger partial charge in [-0.25, -0.2) is 4.68 Å². The van der Waals surface area contributed by atoms with Crippen LogP contribution in [0.5, 0.6) is 0 Å². The van der Waals surface area contributed by atoms with E-state index in [9.17, 15) is 4.79 Å². The fourth-order valence-corrected chi connectivity index (χ4v) is 4.49. The number of aryl methyl sites for hydroxylation is 1. The molecule has 1 N–H and O–H groups in total. The number of benzene rings is 2. The van der Waals surface area contributed by atoms with Crippen LogP contribution < -0.4 is 5.32 Å². The largest absolute Gasteiger partial charge is 0.381 e. The van der Waals surface area contributed by atoms with Crippen LogP contribution in [0.25, 0.3) is 5.69 Å². The maximum atomic E-state index is 13.5.